The maximum Gasteiger partial charge on any atom is 0.258 e. The Bertz CT molecular complexity index is 1390. The van der Waals surface area contributed by atoms with Gasteiger partial charge in [-0.15, -0.1) is 0 Å². The topological polar surface area (TPSA) is 63.8 Å². The summed E-state index contributed by atoms with van der Waals surface area (Å²) in [6.07, 6.45) is 3.76. The Balaban J connectivity index is 1.22. The van der Waals surface area contributed by atoms with Gasteiger partial charge in [-0.25, -0.2) is 0 Å². The second-order valence-electron chi connectivity index (χ2n) is 10.1. The van der Waals surface area contributed by atoms with E-state index in [1.807, 2.05) is 30.5 Å². The molecule has 0 saturated carbocycles. The highest BCUT2D eigenvalue weighted by molar-refractivity contribution is 5.92. The van der Waals surface area contributed by atoms with Gasteiger partial charge in [0.1, 0.15) is 5.75 Å². The van der Waals surface area contributed by atoms with E-state index in [1.54, 1.807) is 7.11 Å². The monoisotopic (exact) mass is 509 g/mol. The molecule has 0 radical (unpaired) electrons. The van der Waals surface area contributed by atoms with Crippen molar-refractivity contribution in [2.75, 3.05) is 49.6 Å². The summed E-state index contributed by atoms with van der Waals surface area (Å²) >= 11 is 0. The molecule has 0 bridgehead atoms. The molecule has 1 amide bonds. The molecule has 2 N–H and O–H groups in total. The lowest BCUT2D eigenvalue weighted by molar-refractivity contribution is -0.126. The van der Waals surface area contributed by atoms with Crippen LogP contribution >= 0.6 is 0 Å². The number of H-pyrrole nitrogens is 1. The number of rotatable bonds is 7. The van der Waals surface area contributed by atoms with Crippen LogP contribution in [0, 0.1) is 0 Å². The summed E-state index contributed by atoms with van der Waals surface area (Å²) in [5.41, 5.74) is 5.98. The molecular formula is C31H35N5O2. The Labute approximate surface area is 224 Å². The Morgan fingerprint density at radius 3 is 2.53 bits per heavy atom. The third-order valence-corrected chi connectivity index (χ3v) is 7.87. The van der Waals surface area contributed by atoms with Crippen molar-refractivity contribution in [3.8, 4) is 5.75 Å². The maximum absolute atomic E-state index is 13.9. The number of carbonyl (C=O) groups is 1. The number of nitrogens with zero attached hydrogens (tertiary/aromatic N) is 3. The number of methoxy groups -OCH3 is 1. The first-order valence-electron chi connectivity index (χ1n) is 13.5. The molecule has 0 aliphatic carbocycles. The second kappa shape index (κ2) is 10.8. The minimum Gasteiger partial charge on any atom is -0.497 e. The van der Waals surface area contributed by atoms with Crippen LogP contribution in [0.1, 0.15) is 17.5 Å². The van der Waals surface area contributed by atoms with Crippen LogP contribution in [0.3, 0.4) is 0 Å². The first kappa shape index (κ1) is 24.4. The molecule has 196 valence electrons. The van der Waals surface area contributed by atoms with Crippen molar-refractivity contribution < 1.29 is 9.53 Å². The van der Waals surface area contributed by atoms with Crippen LogP contribution in [-0.2, 0) is 17.8 Å². The number of ether oxygens (including phenoxy) is 1. The minimum atomic E-state index is -0.347. The van der Waals surface area contributed by atoms with Crippen LogP contribution in [-0.4, -0.2) is 61.8 Å². The van der Waals surface area contributed by atoms with Gasteiger partial charge in [0.25, 0.3) is 5.91 Å². The third kappa shape index (κ3) is 4.82. The number of para-hydroxylation sites is 1. The number of aryl methyl sites for hydroxylation is 1. The van der Waals surface area contributed by atoms with Crippen molar-refractivity contribution in [1.82, 2.24) is 15.2 Å². The molecule has 3 aromatic carbocycles. The summed E-state index contributed by atoms with van der Waals surface area (Å²) in [4.78, 5) is 24.4. The van der Waals surface area contributed by atoms with E-state index in [9.17, 15) is 4.79 Å². The molecule has 1 atom stereocenters. The van der Waals surface area contributed by atoms with E-state index in [1.165, 1.54) is 22.3 Å². The van der Waals surface area contributed by atoms with Crippen LogP contribution in [0.2, 0.25) is 0 Å². The Morgan fingerprint density at radius 1 is 0.921 bits per heavy atom. The molecule has 4 aromatic rings. The summed E-state index contributed by atoms with van der Waals surface area (Å²) < 4.78 is 5.28. The highest BCUT2D eigenvalue weighted by atomic mass is 16.5. The predicted octanol–water partition coefficient (Wildman–Crippen LogP) is 4.39. The lowest BCUT2D eigenvalue weighted by Gasteiger charge is -2.46. The Morgan fingerprint density at radius 2 is 1.71 bits per heavy atom. The van der Waals surface area contributed by atoms with Crippen LogP contribution in [0.5, 0.6) is 5.75 Å². The quantitative estimate of drug-likeness (QED) is 0.387. The molecule has 1 fully saturated rings. The van der Waals surface area contributed by atoms with Crippen LogP contribution < -0.4 is 19.9 Å². The molecule has 2 aliphatic rings. The molecule has 1 aromatic heterocycles. The van der Waals surface area contributed by atoms with Crippen molar-refractivity contribution in [3.63, 3.8) is 0 Å². The highest BCUT2D eigenvalue weighted by Gasteiger charge is 2.36. The lowest BCUT2D eigenvalue weighted by atomic mass is 10.0. The molecule has 0 spiro atoms. The zero-order valence-electron chi connectivity index (χ0n) is 21.9. The van der Waals surface area contributed by atoms with Crippen molar-refractivity contribution in [3.05, 3.63) is 90.1 Å². The molecule has 1 unspecified atom stereocenters. The van der Waals surface area contributed by atoms with Crippen LogP contribution in [0.25, 0.3) is 10.9 Å². The first-order chi connectivity index (χ1) is 18.7. The predicted molar refractivity (Wildman–Crippen MR) is 153 cm³/mol. The van der Waals surface area contributed by atoms with Crippen molar-refractivity contribution in [1.29, 1.82) is 0 Å². The molecule has 38 heavy (non-hydrogen) atoms. The average Bonchev–Trinajstić information content (AvgIpc) is 3.46. The van der Waals surface area contributed by atoms with Gasteiger partial charge in [0.15, 0.2) is 6.17 Å². The van der Waals surface area contributed by atoms with E-state index in [4.69, 9.17) is 4.74 Å². The fourth-order valence-corrected chi connectivity index (χ4v) is 5.90. The maximum atomic E-state index is 13.9. The molecule has 3 heterocycles. The number of anilines is 2. The van der Waals surface area contributed by atoms with Gasteiger partial charge < -0.3 is 24.8 Å². The number of carbonyl (C=O) groups excluding carboxylic acids is 1. The molecule has 2 aliphatic heterocycles. The summed E-state index contributed by atoms with van der Waals surface area (Å²) in [6, 6.07) is 25.0. The first-order valence-corrected chi connectivity index (χ1v) is 13.5. The number of aromatic nitrogens is 1. The number of fused-ring (bicyclic) bond motifs is 2. The van der Waals surface area contributed by atoms with E-state index in [2.05, 4.69) is 73.5 Å². The van der Waals surface area contributed by atoms with E-state index < -0.39 is 0 Å². The summed E-state index contributed by atoms with van der Waals surface area (Å²) in [5, 5.41) is 4.49. The number of hydrogen-bond donors (Lipinski definition) is 2. The van der Waals surface area contributed by atoms with Gasteiger partial charge in [-0.3, -0.25) is 9.69 Å². The SMILES string of the molecule is COc1ccc(CNC(=O)C(N2CCN(c3cccc4[nH]ccc34)CC2)N2CCCc3ccccc32)cc1. The zero-order chi connectivity index (χ0) is 25.9. The number of hydrogen-bond acceptors (Lipinski definition) is 5. The van der Waals surface area contributed by atoms with E-state index >= 15 is 0 Å². The Hall–Kier alpha value is -3.97. The normalized spacial score (nSPS) is 16.8. The summed E-state index contributed by atoms with van der Waals surface area (Å²) in [7, 11) is 1.66. The van der Waals surface area contributed by atoms with Crippen LogP contribution in [0.15, 0.2) is 79.0 Å². The molecule has 6 rings (SSSR count). The van der Waals surface area contributed by atoms with E-state index in [0.717, 1.165) is 62.4 Å². The van der Waals surface area contributed by atoms with Gasteiger partial charge in [-0.1, -0.05) is 36.4 Å². The van der Waals surface area contributed by atoms with Crippen molar-refractivity contribution >= 4 is 28.2 Å². The van der Waals surface area contributed by atoms with Gasteiger partial charge in [-0.05, 0) is 60.4 Å². The third-order valence-electron chi connectivity index (χ3n) is 7.87. The van der Waals surface area contributed by atoms with Gasteiger partial charge in [0.05, 0.1) is 7.11 Å². The molecular weight excluding hydrogens is 474 g/mol. The molecule has 7 heteroatoms. The standard InChI is InChI=1S/C31H35N5O2/c1-38-25-13-11-23(12-14-25)22-33-30(37)31(36-17-5-7-24-6-2-3-9-28(24)36)35-20-18-34(19-21-35)29-10-4-8-27-26(29)15-16-32-27/h2-4,6,8-16,31-32H,5,7,17-22H2,1H3,(H,33,37). The van der Waals surface area contributed by atoms with E-state index in [-0.39, 0.29) is 12.1 Å². The smallest absolute Gasteiger partial charge is 0.258 e. The van der Waals surface area contributed by atoms with Crippen LogP contribution in [0.4, 0.5) is 11.4 Å². The van der Waals surface area contributed by atoms with Gasteiger partial charge in [0.2, 0.25) is 0 Å². The van der Waals surface area contributed by atoms with Crippen molar-refractivity contribution in [2.45, 2.75) is 25.6 Å². The van der Waals surface area contributed by atoms with Gasteiger partial charge >= 0.3 is 0 Å². The van der Waals surface area contributed by atoms with Gasteiger partial charge in [-0.2, -0.15) is 0 Å². The summed E-state index contributed by atoms with van der Waals surface area (Å²) in [6.45, 7) is 4.76. The van der Waals surface area contributed by atoms with E-state index in [0.29, 0.717) is 6.54 Å². The summed E-state index contributed by atoms with van der Waals surface area (Å²) in [5.74, 6) is 0.870. The fraction of sp³-hybridized carbons (Fsp3) is 0.323. The number of piperazine rings is 1. The average molecular weight is 510 g/mol. The number of aromatic amines is 1. The lowest BCUT2D eigenvalue weighted by Crippen LogP contribution is -2.62. The largest absolute Gasteiger partial charge is 0.497 e. The second-order valence-corrected chi connectivity index (χ2v) is 10.1. The zero-order valence-corrected chi connectivity index (χ0v) is 21.9. The number of amides is 1. The minimum absolute atomic E-state index is 0.0544. The van der Waals surface area contributed by atoms with Gasteiger partial charge in [0, 0.05) is 67.7 Å². The number of nitrogens with one attached hydrogen (secondary N) is 2. The molecule has 1 saturated heterocycles. The molecule has 7 nitrogen and oxygen atoms in total. The Kier molecular flexibility index (Phi) is 6.92. The number of benzene rings is 3. The van der Waals surface area contributed by atoms with Crippen molar-refractivity contribution in [2.24, 2.45) is 0 Å². The highest BCUT2D eigenvalue weighted by Crippen LogP contribution is 2.31. The fourth-order valence-electron chi connectivity index (χ4n) is 5.90.